The second-order valence-electron chi connectivity index (χ2n) is 3.37. The molecule has 1 atom stereocenters. The summed E-state index contributed by atoms with van der Waals surface area (Å²) in [5.74, 6) is 0.229. The summed E-state index contributed by atoms with van der Waals surface area (Å²) < 4.78 is 10.8. The lowest BCUT2D eigenvalue weighted by molar-refractivity contribution is -0.140. The average molecular weight is 239 g/mol. The van der Waals surface area contributed by atoms with Crippen LogP contribution in [0.5, 0.6) is 11.5 Å². The highest BCUT2D eigenvalue weighted by Crippen LogP contribution is 2.26. The van der Waals surface area contributed by atoms with Crippen molar-refractivity contribution in [1.29, 1.82) is 0 Å². The van der Waals surface area contributed by atoms with Gasteiger partial charge in [-0.1, -0.05) is 12.1 Å². The van der Waals surface area contributed by atoms with Gasteiger partial charge in [-0.15, -0.1) is 0 Å². The first-order valence-corrected chi connectivity index (χ1v) is 5.43. The molecule has 0 saturated carbocycles. The SMILES string of the molecule is CCOc1ccccc1OCC(NC)C(=O)O. The van der Waals surface area contributed by atoms with Crippen LogP contribution in [0.1, 0.15) is 6.92 Å². The van der Waals surface area contributed by atoms with Crippen LogP contribution in [-0.4, -0.2) is 37.4 Å². The van der Waals surface area contributed by atoms with Gasteiger partial charge in [0, 0.05) is 0 Å². The highest BCUT2D eigenvalue weighted by Gasteiger charge is 2.16. The van der Waals surface area contributed by atoms with E-state index in [1.165, 1.54) is 0 Å². The first kappa shape index (κ1) is 13.3. The lowest BCUT2D eigenvalue weighted by atomic mass is 10.3. The van der Waals surface area contributed by atoms with E-state index >= 15 is 0 Å². The van der Waals surface area contributed by atoms with Crippen molar-refractivity contribution in [3.05, 3.63) is 24.3 Å². The minimum Gasteiger partial charge on any atom is -0.490 e. The van der Waals surface area contributed by atoms with E-state index in [0.717, 1.165) is 0 Å². The molecule has 94 valence electrons. The fraction of sp³-hybridized carbons (Fsp3) is 0.417. The summed E-state index contributed by atoms with van der Waals surface area (Å²) in [6.45, 7) is 2.47. The van der Waals surface area contributed by atoms with Crippen LogP contribution in [0.4, 0.5) is 0 Å². The fourth-order valence-electron chi connectivity index (χ4n) is 1.30. The van der Waals surface area contributed by atoms with Crippen LogP contribution in [0.3, 0.4) is 0 Å². The summed E-state index contributed by atoms with van der Waals surface area (Å²) in [5.41, 5.74) is 0. The van der Waals surface area contributed by atoms with Crippen molar-refractivity contribution in [2.45, 2.75) is 13.0 Å². The molecule has 1 aromatic carbocycles. The van der Waals surface area contributed by atoms with E-state index in [1.807, 2.05) is 19.1 Å². The number of para-hydroxylation sites is 2. The minimum absolute atomic E-state index is 0.0515. The van der Waals surface area contributed by atoms with Crippen LogP contribution in [0.15, 0.2) is 24.3 Å². The first-order valence-electron chi connectivity index (χ1n) is 5.43. The molecule has 0 fully saturated rings. The Morgan fingerprint density at radius 1 is 1.35 bits per heavy atom. The smallest absolute Gasteiger partial charge is 0.324 e. The first-order chi connectivity index (χ1) is 8.19. The third kappa shape index (κ3) is 3.96. The zero-order valence-electron chi connectivity index (χ0n) is 9.97. The lowest BCUT2D eigenvalue weighted by Crippen LogP contribution is -2.39. The molecule has 17 heavy (non-hydrogen) atoms. The van der Waals surface area contributed by atoms with Gasteiger partial charge < -0.3 is 19.9 Å². The summed E-state index contributed by atoms with van der Waals surface area (Å²) in [4.78, 5) is 10.8. The topological polar surface area (TPSA) is 67.8 Å². The zero-order chi connectivity index (χ0) is 12.7. The quantitative estimate of drug-likeness (QED) is 0.746. The third-order valence-electron chi connectivity index (χ3n) is 2.20. The highest BCUT2D eigenvalue weighted by atomic mass is 16.5. The van der Waals surface area contributed by atoms with Crippen molar-refractivity contribution < 1.29 is 19.4 Å². The molecule has 0 bridgehead atoms. The van der Waals surface area contributed by atoms with Crippen LogP contribution >= 0.6 is 0 Å². The molecule has 0 saturated heterocycles. The van der Waals surface area contributed by atoms with Crippen molar-refractivity contribution >= 4 is 5.97 Å². The van der Waals surface area contributed by atoms with E-state index in [-0.39, 0.29) is 6.61 Å². The largest absolute Gasteiger partial charge is 0.490 e. The van der Waals surface area contributed by atoms with Gasteiger partial charge in [-0.3, -0.25) is 4.79 Å². The Hall–Kier alpha value is -1.75. The van der Waals surface area contributed by atoms with Crippen molar-refractivity contribution in [2.24, 2.45) is 0 Å². The van der Waals surface area contributed by atoms with Crippen LogP contribution in [0.2, 0.25) is 0 Å². The van der Waals surface area contributed by atoms with Gasteiger partial charge in [-0.05, 0) is 26.1 Å². The zero-order valence-corrected chi connectivity index (χ0v) is 9.97. The summed E-state index contributed by atoms with van der Waals surface area (Å²) in [6.07, 6.45) is 0. The van der Waals surface area contributed by atoms with Gasteiger partial charge in [-0.2, -0.15) is 0 Å². The molecule has 2 N–H and O–H groups in total. The lowest BCUT2D eigenvalue weighted by Gasteiger charge is -2.15. The second-order valence-corrected chi connectivity index (χ2v) is 3.37. The molecule has 0 amide bonds. The molecule has 0 aromatic heterocycles. The van der Waals surface area contributed by atoms with E-state index in [1.54, 1.807) is 19.2 Å². The van der Waals surface area contributed by atoms with Gasteiger partial charge in [0.1, 0.15) is 12.6 Å². The predicted octanol–water partition coefficient (Wildman–Crippen LogP) is 1.14. The molecule has 5 nitrogen and oxygen atoms in total. The Morgan fingerprint density at radius 3 is 2.41 bits per heavy atom. The Balaban J connectivity index is 2.64. The average Bonchev–Trinajstić information content (AvgIpc) is 2.32. The standard InChI is InChI=1S/C12H17NO4/c1-3-16-10-6-4-5-7-11(10)17-8-9(13-2)12(14)15/h4-7,9,13H,3,8H2,1-2H3,(H,14,15). The molecule has 1 rings (SSSR count). The minimum atomic E-state index is -0.943. The van der Waals surface area contributed by atoms with E-state index in [2.05, 4.69) is 5.32 Å². The molecule has 0 aliphatic carbocycles. The Bertz CT molecular complexity index is 367. The van der Waals surface area contributed by atoms with Crippen LogP contribution in [0.25, 0.3) is 0 Å². The number of rotatable bonds is 7. The van der Waals surface area contributed by atoms with E-state index in [4.69, 9.17) is 14.6 Å². The molecule has 5 heteroatoms. The summed E-state index contributed by atoms with van der Waals surface area (Å²) in [7, 11) is 1.58. The molecule has 1 unspecified atom stereocenters. The number of benzene rings is 1. The Kier molecular flexibility index (Phi) is 5.29. The fourth-order valence-corrected chi connectivity index (χ4v) is 1.30. The monoisotopic (exact) mass is 239 g/mol. The summed E-state index contributed by atoms with van der Waals surface area (Å²) >= 11 is 0. The number of likely N-dealkylation sites (N-methyl/N-ethyl adjacent to an activating group) is 1. The van der Waals surface area contributed by atoms with Gasteiger partial charge in [0.05, 0.1) is 6.61 Å². The van der Waals surface area contributed by atoms with Gasteiger partial charge in [-0.25, -0.2) is 0 Å². The number of ether oxygens (including phenoxy) is 2. The predicted molar refractivity (Wildman–Crippen MR) is 63.6 cm³/mol. The van der Waals surface area contributed by atoms with Gasteiger partial charge in [0.2, 0.25) is 0 Å². The van der Waals surface area contributed by atoms with Crippen LogP contribution < -0.4 is 14.8 Å². The van der Waals surface area contributed by atoms with Crippen molar-refractivity contribution in [2.75, 3.05) is 20.3 Å². The molecule has 0 heterocycles. The van der Waals surface area contributed by atoms with Gasteiger partial charge in [0.25, 0.3) is 0 Å². The summed E-state index contributed by atoms with van der Waals surface area (Å²) in [5, 5.41) is 11.5. The van der Waals surface area contributed by atoms with E-state index in [9.17, 15) is 4.79 Å². The summed E-state index contributed by atoms with van der Waals surface area (Å²) in [6, 6.07) is 6.45. The van der Waals surface area contributed by atoms with Crippen molar-refractivity contribution in [1.82, 2.24) is 5.32 Å². The number of hydrogen-bond donors (Lipinski definition) is 2. The Labute approximate surface area is 100 Å². The number of carboxylic acids is 1. The third-order valence-corrected chi connectivity index (χ3v) is 2.20. The molecule has 1 aromatic rings. The molecule has 0 aliphatic rings. The van der Waals surface area contributed by atoms with E-state index in [0.29, 0.717) is 18.1 Å². The van der Waals surface area contributed by atoms with Crippen molar-refractivity contribution in [3.8, 4) is 11.5 Å². The van der Waals surface area contributed by atoms with Crippen molar-refractivity contribution in [3.63, 3.8) is 0 Å². The maximum absolute atomic E-state index is 10.8. The van der Waals surface area contributed by atoms with E-state index < -0.39 is 12.0 Å². The number of nitrogens with one attached hydrogen (secondary N) is 1. The van der Waals surface area contributed by atoms with Gasteiger partial charge in [0.15, 0.2) is 11.5 Å². The maximum Gasteiger partial charge on any atom is 0.324 e. The number of hydrogen-bond acceptors (Lipinski definition) is 4. The number of carbonyl (C=O) groups is 1. The second kappa shape index (κ2) is 6.75. The van der Waals surface area contributed by atoms with Crippen LogP contribution in [-0.2, 0) is 4.79 Å². The molecular weight excluding hydrogens is 222 g/mol. The molecule has 0 radical (unpaired) electrons. The number of aliphatic carboxylic acids is 1. The number of carboxylic acid groups (broad SMARTS) is 1. The van der Waals surface area contributed by atoms with Crippen LogP contribution in [0, 0.1) is 0 Å². The molecule has 0 spiro atoms. The Morgan fingerprint density at radius 2 is 1.94 bits per heavy atom. The normalized spacial score (nSPS) is 11.9. The molecule has 0 aliphatic heterocycles. The highest BCUT2D eigenvalue weighted by molar-refractivity contribution is 5.73. The van der Waals surface area contributed by atoms with Gasteiger partial charge >= 0.3 is 5.97 Å². The maximum atomic E-state index is 10.8. The molecular formula is C12H17NO4.